The molecule has 0 N–H and O–H groups in total. The van der Waals surface area contributed by atoms with Gasteiger partial charge in [-0.2, -0.15) is 0 Å². The van der Waals surface area contributed by atoms with Gasteiger partial charge in [-0.1, -0.05) is 18.2 Å². The maximum absolute atomic E-state index is 11.5. The second-order valence-corrected chi connectivity index (χ2v) is 4.67. The molecule has 0 aromatic heterocycles. The fourth-order valence-electron chi connectivity index (χ4n) is 1.61. The summed E-state index contributed by atoms with van der Waals surface area (Å²) in [5, 5.41) is 20.4. The molecular formula is C10H5N2NaO4S. The molecule has 0 unspecified atom stereocenters. The van der Waals surface area contributed by atoms with Gasteiger partial charge in [0, 0.05) is 5.39 Å². The summed E-state index contributed by atoms with van der Waals surface area (Å²) in [4.78, 5) is 2.21. The number of fused-ring (bicyclic) bond motifs is 1. The molecule has 0 aliphatic heterocycles. The predicted molar refractivity (Wildman–Crippen MR) is 56.1 cm³/mol. The molecular weight excluding hydrogens is 267 g/mol. The fourth-order valence-corrected chi connectivity index (χ4v) is 2.31. The van der Waals surface area contributed by atoms with Crippen LogP contribution < -0.4 is 34.7 Å². The SMILES string of the molecule is N#[N+]c1c([O-])cc(S(=O)(=O)[O-])c2ccccc12.[Na+]. The van der Waals surface area contributed by atoms with E-state index in [-0.39, 0.29) is 46.0 Å². The van der Waals surface area contributed by atoms with Crippen molar-refractivity contribution in [1.82, 2.24) is 0 Å². The van der Waals surface area contributed by atoms with Gasteiger partial charge in [0.2, 0.25) is 5.39 Å². The van der Waals surface area contributed by atoms with Crippen molar-refractivity contribution in [3.63, 3.8) is 0 Å². The number of nitrogens with zero attached hydrogens (tertiary/aromatic N) is 2. The Morgan fingerprint density at radius 1 is 1.17 bits per heavy atom. The Balaban J connectivity index is 0.00000162. The van der Waals surface area contributed by atoms with Crippen LogP contribution in [0, 0.1) is 5.39 Å². The maximum atomic E-state index is 11.5. The summed E-state index contributed by atoms with van der Waals surface area (Å²) >= 11 is 0. The van der Waals surface area contributed by atoms with E-state index in [4.69, 9.17) is 5.39 Å². The van der Waals surface area contributed by atoms with E-state index < -0.39 is 20.8 Å². The zero-order chi connectivity index (χ0) is 12.6. The van der Waals surface area contributed by atoms with Crippen LogP contribution >= 0.6 is 0 Å². The smallest absolute Gasteiger partial charge is 0.867 e. The quantitative estimate of drug-likeness (QED) is 0.349. The maximum Gasteiger partial charge on any atom is 1.00 e. The van der Waals surface area contributed by atoms with E-state index in [0.717, 1.165) is 0 Å². The summed E-state index contributed by atoms with van der Waals surface area (Å²) in [6.07, 6.45) is 0. The molecule has 2 aromatic rings. The minimum atomic E-state index is -4.75. The molecule has 2 rings (SSSR count). The van der Waals surface area contributed by atoms with Crippen LogP contribution in [-0.4, -0.2) is 13.0 Å². The van der Waals surface area contributed by atoms with E-state index in [1.807, 2.05) is 0 Å². The molecule has 0 spiro atoms. The Hall–Kier alpha value is -1.17. The topological polar surface area (TPSA) is 108 Å². The molecule has 2 aromatic carbocycles. The third-order valence-corrected chi connectivity index (χ3v) is 3.19. The van der Waals surface area contributed by atoms with E-state index in [1.54, 1.807) is 0 Å². The summed E-state index contributed by atoms with van der Waals surface area (Å²) in [6, 6.07) is 6.49. The van der Waals surface area contributed by atoms with Crippen molar-refractivity contribution in [3.8, 4) is 5.75 Å². The van der Waals surface area contributed by atoms with Crippen molar-refractivity contribution in [3.05, 3.63) is 35.3 Å². The van der Waals surface area contributed by atoms with Crippen LogP contribution in [0.2, 0.25) is 0 Å². The van der Waals surface area contributed by atoms with E-state index >= 15 is 0 Å². The zero-order valence-corrected chi connectivity index (χ0v) is 12.1. The summed E-state index contributed by atoms with van der Waals surface area (Å²) in [5.41, 5.74) is -0.284. The molecule has 0 bridgehead atoms. The van der Waals surface area contributed by atoms with Crippen molar-refractivity contribution >= 4 is 26.6 Å². The predicted octanol–water partition coefficient (Wildman–Crippen LogP) is -1.69. The van der Waals surface area contributed by atoms with Gasteiger partial charge in [-0.05, 0) is 17.9 Å². The number of diazo groups is 1. The van der Waals surface area contributed by atoms with E-state index in [1.165, 1.54) is 24.3 Å². The second kappa shape index (κ2) is 5.22. The average Bonchev–Trinajstić information content (AvgIpc) is 2.27. The molecule has 86 valence electrons. The van der Waals surface area contributed by atoms with E-state index in [9.17, 15) is 18.1 Å². The Labute approximate surface area is 125 Å². The standard InChI is InChI=1S/C10H6N2O4S.Na/c11-12-10-7-4-2-1-3-6(7)9(5-8(10)13)17(14,15)16;/h1-5H,(H-,13,14,15,16);/q;+1/p-1. The van der Waals surface area contributed by atoms with Gasteiger partial charge in [0.05, 0.1) is 10.3 Å². The van der Waals surface area contributed by atoms with Crippen LogP contribution in [0.5, 0.6) is 5.75 Å². The van der Waals surface area contributed by atoms with Crippen LogP contribution in [0.25, 0.3) is 15.7 Å². The first kappa shape index (κ1) is 14.9. The summed E-state index contributed by atoms with van der Waals surface area (Å²) in [5.74, 6) is -0.819. The first-order valence-corrected chi connectivity index (χ1v) is 5.89. The number of hydrogen-bond acceptors (Lipinski definition) is 5. The molecule has 6 nitrogen and oxygen atoms in total. The largest absolute Gasteiger partial charge is 1.00 e. The van der Waals surface area contributed by atoms with Crippen LogP contribution in [0.4, 0.5) is 5.69 Å². The Kier molecular flexibility index (Phi) is 4.32. The minimum Gasteiger partial charge on any atom is -0.867 e. The molecule has 8 heteroatoms. The van der Waals surface area contributed by atoms with E-state index in [2.05, 4.69) is 4.98 Å². The molecule has 18 heavy (non-hydrogen) atoms. The molecule has 0 heterocycles. The van der Waals surface area contributed by atoms with Gasteiger partial charge >= 0.3 is 35.2 Å². The van der Waals surface area contributed by atoms with Crippen molar-refractivity contribution in [2.75, 3.05) is 0 Å². The first-order valence-electron chi connectivity index (χ1n) is 4.49. The average molecular weight is 272 g/mol. The second-order valence-electron chi connectivity index (χ2n) is 3.32. The van der Waals surface area contributed by atoms with Gasteiger partial charge in [0.25, 0.3) is 0 Å². The molecule has 0 fully saturated rings. The molecule has 0 saturated heterocycles. The molecule has 0 atom stereocenters. The molecule has 0 saturated carbocycles. The van der Waals surface area contributed by atoms with Gasteiger partial charge in [0.1, 0.15) is 10.1 Å². The Morgan fingerprint density at radius 3 is 2.22 bits per heavy atom. The Morgan fingerprint density at radius 2 is 1.72 bits per heavy atom. The van der Waals surface area contributed by atoms with Crippen molar-refractivity contribution in [2.45, 2.75) is 4.90 Å². The van der Waals surface area contributed by atoms with Gasteiger partial charge in [-0.15, -0.1) is 0 Å². The summed E-state index contributed by atoms with van der Waals surface area (Å²) < 4.78 is 33.0. The number of rotatable bonds is 1. The summed E-state index contributed by atoms with van der Waals surface area (Å²) in [7, 11) is -4.75. The van der Waals surface area contributed by atoms with Crippen LogP contribution in [0.15, 0.2) is 35.2 Å². The molecule has 0 radical (unpaired) electrons. The third kappa shape index (κ3) is 2.48. The molecule has 0 aliphatic rings. The van der Waals surface area contributed by atoms with Crippen molar-refractivity contribution in [1.29, 1.82) is 5.39 Å². The van der Waals surface area contributed by atoms with Gasteiger partial charge in [0.15, 0.2) is 4.98 Å². The fraction of sp³-hybridized carbons (Fsp3) is 0. The Bertz CT molecular complexity index is 752. The van der Waals surface area contributed by atoms with Crippen LogP contribution in [-0.2, 0) is 10.1 Å². The molecule has 0 aliphatic carbocycles. The van der Waals surface area contributed by atoms with Gasteiger partial charge in [-0.25, -0.2) is 8.42 Å². The van der Waals surface area contributed by atoms with Crippen LogP contribution in [0.3, 0.4) is 0 Å². The van der Waals surface area contributed by atoms with Gasteiger partial charge < -0.3 is 9.66 Å². The normalized spacial score (nSPS) is 10.7. The first-order chi connectivity index (χ1) is 7.95. The molecule has 0 amide bonds. The van der Waals surface area contributed by atoms with Gasteiger partial charge in [-0.3, -0.25) is 0 Å². The number of hydrogen-bond donors (Lipinski definition) is 0. The third-order valence-electron chi connectivity index (χ3n) is 2.31. The number of benzene rings is 2. The van der Waals surface area contributed by atoms with Crippen LogP contribution in [0.1, 0.15) is 0 Å². The van der Waals surface area contributed by atoms with E-state index in [0.29, 0.717) is 6.07 Å². The zero-order valence-electron chi connectivity index (χ0n) is 9.32. The van der Waals surface area contributed by atoms with Crippen molar-refractivity contribution in [2.24, 2.45) is 0 Å². The minimum absolute atomic E-state index is 0. The monoisotopic (exact) mass is 272 g/mol. The van der Waals surface area contributed by atoms with Crippen molar-refractivity contribution < 1.29 is 47.6 Å². The summed E-state index contributed by atoms with van der Waals surface area (Å²) in [6.45, 7) is 0.